The van der Waals surface area contributed by atoms with Crippen LogP contribution in [0.3, 0.4) is 0 Å². The molecule has 0 N–H and O–H groups in total. The van der Waals surface area contributed by atoms with Gasteiger partial charge in [-0.15, -0.1) is 11.3 Å². The lowest BCUT2D eigenvalue weighted by Crippen LogP contribution is -1.85. The molecular weight excluding hydrogens is 306 g/mol. The molecule has 3 aromatic rings. The Morgan fingerprint density at radius 1 is 1.04 bits per heavy atom. The molecule has 0 bridgehead atoms. The van der Waals surface area contributed by atoms with Gasteiger partial charge in [-0.2, -0.15) is 5.26 Å². The highest BCUT2D eigenvalue weighted by Crippen LogP contribution is 2.32. The number of nitrogens with zero attached hydrogens (tertiary/aromatic N) is 1. The van der Waals surface area contributed by atoms with Crippen LogP contribution in [0.1, 0.15) is 10.4 Å². The number of allylic oxidation sites excluding steroid dienone is 1. The summed E-state index contributed by atoms with van der Waals surface area (Å²) in [6.07, 6.45) is 1.91. The van der Waals surface area contributed by atoms with Gasteiger partial charge in [-0.25, -0.2) is 0 Å². The molecule has 0 unspecified atom stereocenters. The Kier molecular flexibility index (Phi) is 4.31. The van der Waals surface area contributed by atoms with E-state index in [-0.39, 0.29) is 0 Å². The molecule has 2 aromatic carbocycles. The van der Waals surface area contributed by atoms with Gasteiger partial charge in [0.05, 0.1) is 25.9 Å². The quantitative estimate of drug-likeness (QED) is 0.636. The molecule has 0 aliphatic rings. The van der Waals surface area contributed by atoms with Gasteiger partial charge in [0.2, 0.25) is 0 Å². The van der Waals surface area contributed by atoms with Crippen molar-refractivity contribution in [3.05, 3.63) is 59.0 Å². The maximum absolute atomic E-state index is 9.49. The fourth-order valence-electron chi connectivity index (χ4n) is 2.34. The standard InChI is InChI=1S/C19H15NO2S/c1-21-16-5-3-4-13(8-16)15(12-20)10-18-9-14-6-7-17(22-2)11-19(14)23-18/h3-11H,1-2H3. The number of nitriles is 1. The van der Waals surface area contributed by atoms with E-state index in [2.05, 4.69) is 12.1 Å². The first kappa shape index (κ1) is 15.1. The molecule has 0 aliphatic heterocycles. The molecule has 0 fully saturated rings. The van der Waals surface area contributed by atoms with Crippen molar-refractivity contribution in [1.82, 2.24) is 0 Å². The van der Waals surface area contributed by atoms with Crippen LogP contribution in [0.4, 0.5) is 0 Å². The van der Waals surface area contributed by atoms with Gasteiger partial charge in [0.15, 0.2) is 0 Å². The summed E-state index contributed by atoms with van der Waals surface area (Å²) in [5.74, 6) is 1.58. The highest BCUT2D eigenvalue weighted by Gasteiger charge is 2.06. The smallest absolute Gasteiger partial charge is 0.120 e. The number of ether oxygens (including phenoxy) is 2. The Morgan fingerprint density at radius 3 is 2.57 bits per heavy atom. The summed E-state index contributed by atoms with van der Waals surface area (Å²) in [7, 11) is 3.28. The van der Waals surface area contributed by atoms with E-state index in [1.807, 2.05) is 48.5 Å². The first-order valence-corrected chi connectivity index (χ1v) is 7.89. The number of methoxy groups -OCH3 is 2. The van der Waals surface area contributed by atoms with Gasteiger partial charge >= 0.3 is 0 Å². The van der Waals surface area contributed by atoms with Crippen molar-refractivity contribution in [3.63, 3.8) is 0 Å². The summed E-state index contributed by atoms with van der Waals surface area (Å²) in [6.45, 7) is 0. The van der Waals surface area contributed by atoms with E-state index in [1.54, 1.807) is 25.6 Å². The number of fused-ring (bicyclic) bond motifs is 1. The summed E-state index contributed by atoms with van der Waals surface area (Å²) >= 11 is 1.64. The Bertz CT molecular complexity index is 919. The van der Waals surface area contributed by atoms with Crippen LogP contribution in [0, 0.1) is 11.3 Å². The second kappa shape index (κ2) is 6.55. The molecule has 0 aliphatic carbocycles. The Balaban J connectivity index is 2.02. The Morgan fingerprint density at radius 2 is 1.83 bits per heavy atom. The van der Waals surface area contributed by atoms with Crippen molar-refractivity contribution in [2.24, 2.45) is 0 Å². The SMILES string of the molecule is COc1cccc(C(C#N)=Cc2cc3ccc(OC)cc3s2)c1. The molecule has 1 heterocycles. The third kappa shape index (κ3) is 3.20. The molecule has 0 atom stereocenters. The fourth-order valence-corrected chi connectivity index (χ4v) is 3.38. The van der Waals surface area contributed by atoms with E-state index in [0.29, 0.717) is 5.57 Å². The van der Waals surface area contributed by atoms with Crippen LogP contribution in [-0.2, 0) is 0 Å². The minimum atomic E-state index is 0.613. The van der Waals surface area contributed by atoms with E-state index in [0.717, 1.165) is 32.0 Å². The van der Waals surface area contributed by atoms with Gasteiger partial charge in [0.25, 0.3) is 0 Å². The van der Waals surface area contributed by atoms with Gasteiger partial charge in [0.1, 0.15) is 11.5 Å². The summed E-state index contributed by atoms with van der Waals surface area (Å²) in [5, 5.41) is 10.6. The molecule has 0 saturated heterocycles. The molecule has 23 heavy (non-hydrogen) atoms. The van der Waals surface area contributed by atoms with Gasteiger partial charge < -0.3 is 9.47 Å². The molecule has 3 rings (SSSR count). The predicted molar refractivity (Wildman–Crippen MR) is 94.9 cm³/mol. The van der Waals surface area contributed by atoms with Crippen LogP contribution in [0.25, 0.3) is 21.7 Å². The molecule has 0 amide bonds. The molecular formula is C19H15NO2S. The van der Waals surface area contributed by atoms with Crippen LogP contribution in [0.5, 0.6) is 11.5 Å². The first-order chi connectivity index (χ1) is 11.2. The van der Waals surface area contributed by atoms with Crippen molar-refractivity contribution in [3.8, 4) is 17.6 Å². The summed E-state index contributed by atoms with van der Waals surface area (Å²) in [4.78, 5) is 1.03. The van der Waals surface area contributed by atoms with Gasteiger partial charge in [-0.1, -0.05) is 12.1 Å². The predicted octanol–water partition coefficient (Wildman–Crippen LogP) is 4.98. The number of rotatable bonds is 4. The molecule has 1 aromatic heterocycles. The number of benzene rings is 2. The molecule has 3 nitrogen and oxygen atoms in total. The average molecular weight is 321 g/mol. The molecule has 0 radical (unpaired) electrons. The van der Waals surface area contributed by atoms with Crippen molar-refractivity contribution in [1.29, 1.82) is 5.26 Å². The van der Waals surface area contributed by atoms with Crippen molar-refractivity contribution >= 4 is 33.1 Å². The number of hydrogen-bond acceptors (Lipinski definition) is 4. The van der Waals surface area contributed by atoms with E-state index in [1.165, 1.54) is 0 Å². The van der Waals surface area contributed by atoms with Crippen LogP contribution in [-0.4, -0.2) is 14.2 Å². The average Bonchev–Trinajstić information content (AvgIpc) is 3.01. The molecule has 0 spiro atoms. The topological polar surface area (TPSA) is 42.2 Å². The lowest BCUT2D eigenvalue weighted by Gasteiger charge is -2.02. The molecule has 0 saturated carbocycles. The lowest BCUT2D eigenvalue weighted by molar-refractivity contribution is 0.414. The van der Waals surface area contributed by atoms with E-state index < -0.39 is 0 Å². The van der Waals surface area contributed by atoms with Crippen molar-refractivity contribution in [2.45, 2.75) is 0 Å². The monoisotopic (exact) mass is 321 g/mol. The normalized spacial score (nSPS) is 11.3. The fraction of sp³-hybridized carbons (Fsp3) is 0.105. The highest BCUT2D eigenvalue weighted by molar-refractivity contribution is 7.19. The Labute approximate surface area is 139 Å². The zero-order chi connectivity index (χ0) is 16.2. The second-order valence-corrected chi connectivity index (χ2v) is 6.07. The van der Waals surface area contributed by atoms with E-state index >= 15 is 0 Å². The first-order valence-electron chi connectivity index (χ1n) is 7.07. The minimum absolute atomic E-state index is 0.613. The van der Waals surface area contributed by atoms with Crippen LogP contribution in [0.2, 0.25) is 0 Å². The van der Waals surface area contributed by atoms with Gasteiger partial charge in [-0.05, 0) is 53.4 Å². The zero-order valence-corrected chi connectivity index (χ0v) is 13.7. The minimum Gasteiger partial charge on any atom is -0.497 e. The summed E-state index contributed by atoms with van der Waals surface area (Å²) in [6, 6.07) is 17.9. The Hall–Kier alpha value is -2.77. The van der Waals surface area contributed by atoms with Gasteiger partial charge in [-0.3, -0.25) is 0 Å². The third-order valence-corrected chi connectivity index (χ3v) is 4.58. The van der Waals surface area contributed by atoms with Crippen molar-refractivity contribution < 1.29 is 9.47 Å². The molecule has 4 heteroatoms. The number of hydrogen-bond donors (Lipinski definition) is 0. The summed E-state index contributed by atoms with van der Waals surface area (Å²) in [5.41, 5.74) is 1.46. The number of thiophene rings is 1. The summed E-state index contributed by atoms with van der Waals surface area (Å²) < 4.78 is 11.6. The van der Waals surface area contributed by atoms with Gasteiger partial charge in [0, 0.05) is 9.58 Å². The lowest BCUT2D eigenvalue weighted by atomic mass is 10.1. The van der Waals surface area contributed by atoms with Crippen molar-refractivity contribution in [2.75, 3.05) is 14.2 Å². The van der Waals surface area contributed by atoms with Crippen LogP contribution in [0.15, 0.2) is 48.5 Å². The zero-order valence-electron chi connectivity index (χ0n) is 12.9. The maximum Gasteiger partial charge on any atom is 0.120 e. The van der Waals surface area contributed by atoms with E-state index in [4.69, 9.17) is 9.47 Å². The molecule has 114 valence electrons. The maximum atomic E-state index is 9.49. The van der Waals surface area contributed by atoms with Crippen LogP contribution >= 0.6 is 11.3 Å². The highest BCUT2D eigenvalue weighted by atomic mass is 32.1. The largest absolute Gasteiger partial charge is 0.497 e. The third-order valence-electron chi connectivity index (χ3n) is 3.53. The second-order valence-electron chi connectivity index (χ2n) is 4.95. The van der Waals surface area contributed by atoms with Crippen LogP contribution < -0.4 is 9.47 Å². The van der Waals surface area contributed by atoms with E-state index in [9.17, 15) is 5.26 Å².